The first-order valence-corrected chi connectivity index (χ1v) is 7.66. The number of aromatic nitrogens is 2. The van der Waals surface area contributed by atoms with E-state index >= 15 is 0 Å². The number of phenolic OH excluding ortho intramolecular Hbond substituents is 1. The summed E-state index contributed by atoms with van der Waals surface area (Å²) in [7, 11) is 0. The highest BCUT2D eigenvalue weighted by molar-refractivity contribution is 6.04. The first-order chi connectivity index (χ1) is 11.1. The van der Waals surface area contributed by atoms with Gasteiger partial charge in [-0.2, -0.15) is 0 Å². The molecule has 23 heavy (non-hydrogen) atoms. The van der Waals surface area contributed by atoms with Crippen molar-refractivity contribution in [3.8, 4) is 5.75 Å². The van der Waals surface area contributed by atoms with Crippen molar-refractivity contribution in [1.82, 2.24) is 9.38 Å². The first kappa shape index (κ1) is 15.1. The summed E-state index contributed by atoms with van der Waals surface area (Å²) in [6.07, 6.45) is 3.57. The number of benzene rings is 1. The SMILES string of the molecule is CCCc1nc2ccc(C)cn2c1C(=O)Nc1cccc(O)c1. The van der Waals surface area contributed by atoms with Gasteiger partial charge in [0.25, 0.3) is 5.91 Å². The van der Waals surface area contributed by atoms with Gasteiger partial charge in [0.1, 0.15) is 17.1 Å². The van der Waals surface area contributed by atoms with Crippen LogP contribution in [0.15, 0.2) is 42.6 Å². The fraction of sp³-hybridized carbons (Fsp3) is 0.222. The Hall–Kier alpha value is -2.82. The van der Waals surface area contributed by atoms with E-state index in [0.29, 0.717) is 11.4 Å². The third kappa shape index (κ3) is 3.04. The molecule has 5 heteroatoms. The summed E-state index contributed by atoms with van der Waals surface area (Å²) in [5.74, 6) is -0.109. The van der Waals surface area contributed by atoms with Gasteiger partial charge in [-0.05, 0) is 37.1 Å². The number of phenols is 1. The zero-order valence-corrected chi connectivity index (χ0v) is 13.2. The number of rotatable bonds is 4. The van der Waals surface area contributed by atoms with Gasteiger partial charge in [-0.15, -0.1) is 0 Å². The van der Waals surface area contributed by atoms with Crippen LogP contribution in [0.2, 0.25) is 0 Å². The molecule has 0 saturated heterocycles. The highest BCUT2D eigenvalue weighted by Crippen LogP contribution is 2.20. The maximum atomic E-state index is 12.8. The molecule has 5 nitrogen and oxygen atoms in total. The number of fused-ring (bicyclic) bond motifs is 1. The van der Waals surface area contributed by atoms with Gasteiger partial charge in [0.15, 0.2) is 0 Å². The topological polar surface area (TPSA) is 66.6 Å². The highest BCUT2D eigenvalue weighted by Gasteiger charge is 2.19. The fourth-order valence-corrected chi connectivity index (χ4v) is 2.63. The molecule has 0 fully saturated rings. The van der Waals surface area contributed by atoms with E-state index < -0.39 is 0 Å². The molecule has 2 aromatic heterocycles. The molecule has 0 saturated carbocycles. The summed E-state index contributed by atoms with van der Waals surface area (Å²) in [5.41, 5.74) is 3.72. The lowest BCUT2D eigenvalue weighted by Gasteiger charge is -2.07. The molecule has 0 bridgehead atoms. The van der Waals surface area contributed by atoms with Crippen LogP contribution >= 0.6 is 0 Å². The second-order valence-electron chi connectivity index (χ2n) is 5.60. The molecular weight excluding hydrogens is 290 g/mol. The predicted molar refractivity (Wildman–Crippen MR) is 90.0 cm³/mol. The molecule has 118 valence electrons. The van der Waals surface area contributed by atoms with Crippen molar-refractivity contribution < 1.29 is 9.90 Å². The average Bonchev–Trinajstić information content (AvgIpc) is 2.85. The number of pyridine rings is 1. The number of carbonyl (C=O) groups excluding carboxylic acids is 1. The van der Waals surface area contributed by atoms with Gasteiger partial charge in [-0.1, -0.05) is 25.5 Å². The van der Waals surface area contributed by atoms with Crippen molar-refractivity contribution in [1.29, 1.82) is 0 Å². The fourth-order valence-electron chi connectivity index (χ4n) is 2.63. The minimum absolute atomic E-state index is 0.116. The quantitative estimate of drug-likeness (QED) is 0.774. The maximum Gasteiger partial charge on any atom is 0.274 e. The molecule has 0 unspecified atom stereocenters. The minimum Gasteiger partial charge on any atom is -0.508 e. The number of carbonyl (C=O) groups is 1. The maximum absolute atomic E-state index is 12.8. The summed E-state index contributed by atoms with van der Waals surface area (Å²) in [4.78, 5) is 17.3. The van der Waals surface area contributed by atoms with Crippen molar-refractivity contribution >= 4 is 17.2 Å². The Morgan fingerprint density at radius 3 is 2.87 bits per heavy atom. The number of nitrogens with one attached hydrogen (secondary N) is 1. The van der Waals surface area contributed by atoms with Gasteiger partial charge < -0.3 is 10.4 Å². The Labute approximate surface area is 134 Å². The van der Waals surface area contributed by atoms with E-state index in [4.69, 9.17) is 0 Å². The molecule has 3 rings (SSSR count). The van der Waals surface area contributed by atoms with E-state index in [0.717, 1.165) is 29.7 Å². The van der Waals surface area contributed by atoms with Gasteiger partial charge >= 0.3 is 0 Å². The summed E-state index contributed by atoms with van der Waals surface area (Å²) in [5, 5.41) is 12.4. The highest BCUT2D eigenvalue weighted by atomic mass is 16.3. The molecule has 1 amide bonds. The van der Waals surface area contributed by atoms with Gasteiger partial charge in [-0.25, -0.2) is 4.98 Å². The second-order valence-corrected chi connectivity index (χ2v) is 5.60. The molecule has 2 N–H and O–H groups in total. The second kappa shape index (κ2) is 6.12. The van der Waals surface area contributed by atoms with Gasteiger partial charge in [0, 0.05) is 18.0 Å². The number of aryl methyl sites for hydroxylation is 2. The molecule has 1 aromatic carbocycles. The Kier molecular flexibility index (Phi) is 4.02. The number of anilines is 1. The van der Waals surface area contributed by atoms with Gasteiger partial charge in [0.2, 0.25) is 0 Å². The van der Waals surface area contributed by atoms with Crippen molar-refractivity contribution in [3.63, 3.8) is 0 Å². The van der Waals surface area contributed by atoms with E-state index in [1.807, 2.05) is 29.7 Å². The summed E-state index contributed by atoms with van der Waals surface area (Å²) in [6.45, 7) is 4.04. The molecule has 0 atom stereocenters. The summed E-state index contributed by atoms with van der Waals surface area (Å²) >= 11 is 0. The predicted octanol–water partition coefficient (Wildman–Crippen LogP) is 3.55. The number of aromatic hydroxyl groups is 1. The Morgan fingerprint density at radius 2 is 2.13 bits per heavy atom. The number of amides is 1. The number of imidazole rings is 1. The zero-order valence-electron chi connectivity index (χ0n) is 13.2. The van der Waals surface area contributed by atoms with Crippen molar-refractivity contribution in [2.24, 2.45) is 0 Å². The van der Waals surface area contributed by atoms with Crippen molar-refractivity contribution in [3.05, 3.63) is 59.5 Å². The smallest absolute Gasteiger partial charge is 0.274 e. The molecule has 2 heterocycles. The van der Waals surface area contributed by atoms with Crippen LogP contribution in [0.5, 0.6) is 5.75 Å². The monoisotopic (exact) mass is 309 g/mol. The number of nitrogens with zero attached hydrogens (tertiary/aromatic N) is 2. The van der Waals surface area contributed by atoms with Crippen LogP contribution in [0, 0.1) is 6.92 Å². The van der Waals surface area contributed by atoms with Gasteiger partial charge in [0.05, 0.1) is 5.69 Å². The standard InChI is InChI=1S/C18H19N3O2/c1-3-5-15-17(21-11-12(2)8-9-16(21)20-15)18(23)19-13-6-4-7-14(22)10-13/h4,6-11,22H,3,5H2,1-2H3,(H,19,23). The lowest BCUT2D eigenvalue weighted by molar-refractivity contribution is 0.102. The molecule has 3 aromatic rings. The first-order valence-electron chi connectivity index (χ1n) is 7.66. The third-order valence-electron chi connectivity index (χ3n) is 3.64. The summed E-state index contributed by atoms with van der Waals surface area (Å²) in [6, 6.07) is 10.4. The molecule has 0 radical (unpaired) electrons. The number of hydrogen-bond acceptors (Lipinski definition) is 3. The summed E-state index contributed by atoms with van der Waals surface area (Å²) < 4.78 is 1.83. The number of hydrogen-bond donors (Lipinski definition) is 2. The van der Waals surface area contributed by atoms with Crippen molar-refractivity contribution in [2.75, 3.05) is 5.32 Å². The third-order valence-corrected chi connectivity index (χ3v) is 3.64. The largest absolute Gasteiger partial charge is 0.508 e. The molecular formula is C18H19N3O2. The molecule has 0 aliphatic rings. The van der Waals surface area contributed by atoms with Crippen LogP contribution in [-0.2, 0) is 6.42 Å². The van der Waals surface area contributed by atoms with Gasteiger partial charge in [-0.3, -0.25) is 9.20 Å². The zero-order chi connectivity index (χ0) is 16.4. The van der Waals surface area contributed by atoms with E-state index in [9.17, 15) is 9.90 Å². The lowest BCUT2D eigenvalue weighted by atomic mass is 10.2. The average molecular weight is 309 g/mol. The Bertz CT molecular complexity index is 868. The molecule has 0 spiro atoms. The van der Waals surface area contributed by atoms with E-state index in [-0.39, 0.29) is 11.7 Å². The van der Waals surface area contributed by atoms with Crippen LogP contribution < -0.4 is 5.32 Å². The van der Waals surface area contributed by atoms with Crippen LogP contribution in [0.1, 0.15) is 35.1 Å². The lowest BCUT2D eigenvalue weighted by Crippen LogP contribution is -2.16. The van der Waals surface area contributed by atoms with Crippen LogP contribution in [0.3, 0.4) is 0 Å². The Morgan fingerprint density at radius 1 is 1.30 bits per heavy atom. The normalized spacial score (nSPS) is 10.9. The van der Waals surface area contributed by atoms with E-state index in [2.05, 4.69) is 17.2 Å². The van der Waals surface area contributed by atoms with E-state index in [1.165, 1.54) is 6.07 Å². The molecule has 0 aliphatic heterocycles. The Balaban J connectivity index is 2.04. The molecule has 0 aliphatic carbocycles. The van der Waals surface area contributed by atoms with Crippen LogP contribution in [0.4, 0.5) is 5.69 Å². The van der Waals surface area contributed by atoms with Crippen molar-refractivity contribution in [2.45, 2.75) is 26.7 Å². The van der Waals surface area contributed by atoms with Crippen LogP contribution in [-0.4, -0.2) is 20.4 Å². The van der Waals surface area contributed by atoms with E-state index in [1.54, 1.807) is 18.2 Å². The van der Waals surface area contributed by atoms with Crippen LogP contribution in [0.25, 0.3) is 5.65 Å². The minimum atomic E-state index is -0.225.